The first-order valence-corrected chi connectivity index (χ1v) is 12.3. The molecular formula is C29H29N3O7. The summed E-state index contributed by atoms with van der Waals surface area (Å²) in [6.45, 7) is 2.09. The third-order valence-corrected chi connectivity index (χ3v) is 6.22. The smallest absolute Gasteiger partial charge is 0.338 e. The van der Waals surface area contributed by atoms with Gasteiger partial charge in [0.2, 0.25) is 5.91 Å². The number of imide groups is 1. The number of urea groups is 1. The monoisotopic (exact) mass is 531 g/mol. The highest BCUT2D eigenvalue weighted by Gasteiger charge is 2.46. The third kappa shape index (κ3) is 6.18. The molecule has 4 amide bonds. The lowest BCUT2D eigenvalue weighted by Gasteiger charge is -2.22. The zero-order chi connectivity index (χ0) is 27.9. The molecule has 0 spiro atoms. The Bertz CT molecular complexity index is 1340. The van der Waals surface area contributed by atoms with Crippen molar-refractivity contribution in [2.45, 2.75) is 25.9 Å². The van der Waals surface area contributed by atoms with Crippen molar-refractivity contribution in [2.75, 3.05) is 31.0 Å². The molecule has 3 aromatic rings. The summed E-state index contributed by atoms with van der Waals surface area (Å²) in [7, 11) is 3.08. The van der Waals surface area contributed by atoms with Gasteiger partial charge in [0.25, 0.3) is 5.91 Å². The molecule has 0 aromatic heterocycles. The molecule has 1 saturated heterocycles. The highest BCUT2D eigenvalue weighted by Crippen LogP contribution is 2.30. The van der Waals surface area contributed by atoms with Gasteiger partial charge in [0, 0.05) is 12.2 Å². The summed E-state index contributed by atoms with van der Waals surface area (Å²) < 4.78 is 15.4. The number of methoxy groups -OCH3 is 2. The molecule has 1 aliphatic heterocycles. The Balaban J connectivity index is 1.54. The van der Waals surface area contributed by atoms with E-state index in [1.807, 2.05) is 0 Å². The summed E-state index contributed by atoms with van der Waals surface area (Å²) >= 11 is 0. The van der Waals surface area contributed by atoms with Gasteiger partial charge in [0.05, 0.1) is 38.5 Å². The van der Waals surface area contributed by atoms with Gasteiger partial charge in [0.15, 0.2) is 0 Å². The van der Waals surface area contributed by atoms with Gasteiger partial charge in [-0.15, -0.1) is 0 Å². The van der Waals surface area contributed by atoms with E-state index in [9.17, 15) is 19.2 Å². The van der Waals surface area contributed by atoms with E-state index in [4.69, 9.17) is 14.2 Å². The van der Waals surface area contributed by atoms with Gasteiger partial charge < -0.3 is 24.4 Å². The Morgan fingerprint density at radius 1 is 0.846 bits per heavy atom. The van der Waals surface area contributed by atoms with Gasteiger partial charge in [-0.1, -0.05) is 12.1 Å². The number of hydrogen-bond donors (Lipinski definition) is 1. The first-order chi connectivity index (χ1) is 18.8. The molecule has 1 N–H and O–H groups in total. The average molecular weight is 532 g/mol. The third-order valence-electron chi connectivity index (χ3n) is 6.22. The highest BCUT2D eigenvalue weighted by atomic mass is 16.5. The van der Waals surface area contributed by atoms with E-state index in [1.165, 1.54) is 12.0 Å². The fourth-order valence-corrected chi connectivity index (χ4v) is 4.20. The van der Waals surface area contributed by atoms with E-state index >= 15 is 0 Å². The maximum absolute atomic E-state index is 13.5. The van der Waals surface area contributed by atoms with E-state index in [0.29, 0.717) is 28.4 Å². The standard InChI is InChI=1S/C29H29N3O7/c1-4-39-28(35)20-7-9-21(10-8-20)30-26(33)17-25-27(34)32(22-11-15-24(38-3)16-12-22)29(36)31(25)18-19-5-13-23(37-2)14-6-19/h5-16,25H,4,17-18H2,1-3H3,(H,30,33). The quantitative estimate of drug-likeness (QED) is 0.307. The zero-order valence-electron chi connectivity index (χ0n) is 21.9. The van der Waals surface area contributed by atoms with Gasteiger partial charge in [-0.05, 0) is 73.2 Å². The molecule has 0 radical (unpaired) electrons. The Hall–Kier alpha value is -4.86. The summed E-state index contributed by atoms with van der Waals surface area (Å²) in [5.41, 5.74) is 1.95. The van der Waals surface area contributed by atoms with Crippen molar-refractivity contribution in [3.63, 3.8) is 0 Å². The van der Waals surface area contributed by atoms with Gasteiger partial charge in [0.1, 0.15) is 17.5 Å². The molecule has 4 rings (SSSR count). The second-order valence-electron chi connectivity index (χ2n) is 8.70. The fourth-order valence-electron chi connectivity index (χ4n) is 4.20. The molecule has 1 atom stereocenters. The molecular weight excluding hydrogens is 502 g/mol. The predicted molar refractivity (Wildman–Crippen MR) is 144 cm³/mol. The lowest BCUT2D eigenvalue weighted by Crippen LogP contribution is -2.37. The van der Waals surface area contributed by atoms with Crippen LogP contribution < -0.4 is 19.7 Å². The van der Waals surface area contributed by atoms with Crippen LogP contribution in [0.5, 0.6) is 11.5 Å². The molecule has 1 fully saturated rings. The zero-order valence-corrected chi connectivity index (χ0v) is 21.9. The van der Waals surface area contributed by atoms with Crippen LogP contribution in [0.3, 0.4) is 0 Å². The lowest BCUT2D eigenvalue weighted by molar-refractivity contribution is -0.124. The largest absolute Gasteiger partial charge is 0.497 e. The minimum atomic E-state index is -1.03. The SMILES string of the molecule is CCOC(=O)c1ccc(NC(=O)CC2C(=O)N(c3ccc(OC)cc3)C(=O)N2Cc2ccc(OC)cc2)cc1. The number of amides is 4. The molecule has 39 heavy (non-hydrogen) atoms. The molecule has 0 bridgehead atoms. The number of rotatable bonds is 10. The van der Waals surface area contributed by atoms with Crippen molar-refractivity contribution in [3.05, 3.63) is 83.9 Å². The molecule has 0 saturated carbocycles. The van der Waals surface area contributed by atoms with Crippen LogP contribution >= 0.6 is 0 Å². The van der Waals surface area contributed by atoms with E-state index in [1.54, 1.807) is 86.8 Å². The number of nitrogens with one attached hydrogen (secondary N) is 1. The Kier molecular flexibility index (Phi) is 8.45. The Labute approximate surface area is 226 Å². The molecule has 1 heterocycles. The van der Waals surface area contributed by atoms with Gasteiger partial charge >= 0.3 is 12.0 Å². The number of carbonyl (C=O) groups is 4. The summed E-state index contributed by atoms with van der Waals surface area (Å²) in [4.78, 5) is 54.4. The predicted octanol–water partition coefficient (Wildman–Crippen LogP) is 4.25. The van der Waals surface area contributed by atoms with E-state index in [0.717, 1.165) is 10.5 Å². The number of hydrogen-bond acceptors (Lipinski definition) is 7. The van der Waals surface area contributed by atoms with Crippen LogP contribution in [0, 0.1) is 0 Å². The van der Waals surface area contributed by atoms with Crippen LogP contribution in [-0.4, -0.2) is 55.6 Å². The number of anilines is 2. The number of carbonyl (C=O) groups excluding carboxylic acids is 4. The van der Waals surface area contributed by atoms with Crippen LogP contribution in [0.25, 0.3) is 0 Å². The van der Waals surface area contributed by atoms with Crippen LogP contribution in [0.1, 0.15) is 29.3 Å². The van der Waals surface area contributed by atoms with Crippen LogP contribution in [0.4, 0.5) is 16.2 Å². The maximum Gasteiger partial charge on any atom is 0.338 e. The van der Waals surface area contributed by atoms with Gasteiger partial charge in [-0.3, -0.25) is 9.59 Å². The molecule has 10 nitrogen and oxygen atoms in total. The van der Waals surface area contributed by atoms with E-state index < -0.39 is 29.9 Å². The van der Waals surface area contributed by atoms with E-state index in [2.05, 4.69) is 5.32 Å². The molecule has 3 aromatic carbocycles. The van der Waals surface area contributed by atoms with Crippen LogP contribution in [-0.2, 0) is 20.9 Å². The summed E-state index contributed by atoms with van der Waals surface area (Å²) in [6.07, 6.45) is -0.257. The second-order valence-corrected chi connectivity index (χ2v) is 8.70. The van der Waals surface area contributed by atoms with Gasteiger partial charge in [-0.2, -0.15) is 0 Å². The topological polar surface area (TPSA) is 114 Å². The summed E-state index contributed by atoms with van der Waals surface area (Å²) in [5, 5.41) is 2.74. The van der Waals surface area contributed by atoms with Crippen LogP contribution in [0.2, 0.25) is 0 Å². The number of nitrogens with zero attached hydrogens (tertiary/aromatic N) is 2. The number of ether oxygens (including phenoxy) is 3. The van der Waals surface area contributed by atoms with Gasteiger partial charge in [-0.25, -0.2) is 14.5 Å². The first-order valence-electron chi connectivity index (χ1n) is 12.3. The minimum absolute atomic E-state index is 0.118. The lowest BCUT2D eigenvalue weighted by atomic mass is 10.1. The van der Waals surface area contributed by atoms with E-state index in [-0.39, 0.29) is 19.6 Å². The first kappa shape index (κ1) is 27.2. The second kappa shape index (κ2) is 12.1. The molecule has 1 aliphatic rings. The minimum Gasteiger partial charge on any atom is -0.497 e. The van der Waals surface area contributed by atoms with Crippen molar-refractivity contribution < 1.29 is 33.4 Å². The van der Waals surface area contributed by atoms with Crippen molar-refractivity contribution in [2.24, 2.45) is 0 Å². The molecule has 1 unspecified atom stereocenters. The highest BCUT2D eigenvalue weighted by molar-refractivity contribution is 6.22. The molecule has 202 valence electrons. The van der Waals surface area contributed by atoms with Crippen molar-refractivity contribution in [1.29, 1.82) is 0 Å². The summed E-state index contributed by atoms with van der Waals surface area (Å²) in [5.74, 6) is -0.184. The molecule has 10 heteroatoms. The summed E-state index contributed by atoms with van der Waals surface area (Å²) in [6, 6.07) is 18.4. The van der Waals surface area contributed by atoms with Crippen molar-refractivity contribution in [3.8, 4) is 11.5 Å². The van der Waals surface area contributed by atoms with Crippen molar-refractivity contribution in [1.82, 2.24) is 4.90 Å². The maximum atomic E-state index is 13.5. The molecule has 0 aliphatic carbocycles. The normalized spacial score (nSPS) is 14.8. The average Bonchev–Trinajstić information content (AvgIpc) is 3.17. The van der Waals surface area contributed by atoms with Crippen LogP contribution in [0.15, 0.2) is 72.8 Å². The van der Waals surface area contributed by atoms with Crippen molar-refractivity contribution >= 4 is 35.2 Å². The fraction of sp³-hybridized carbons (Fsp3) is 0.241. The Morgan fingerprint density at radius 3 is 2.00 bits per heavy atom. The number of benzene rings is 3. The Morgan fingerprint density at radius 2 is 1.44 bits per heavy atom. The number of esters is 1.